The average Bonchev–Trinajstić information content (AvgIpc) is 3.25. The quantitative estimate of drug-likeness (QED) is 0.362. The monoisotopic (exact) mass is 557 g/mol. The molecule has 8 nitrogen and oxygen atoms in total. The molecular weight excluding hydrogens is 538 g/mol. The molecule has 1 aliphatic heterocycles. The molecule has 4 rings (SSSR count). The number of carbonyl (C=O) groups excluding carboxylic acids is 1. The van der Waals surface area contributed by atoms with E-state index >= 15 is 0 Å². The SMILES string of the molecule is CC1C[C@@H](C(=O)NCc2cc(Cl)nc(-c3cnc(C(F)(F)F)nc3)c2)N(S(=O)(=O)c2ccc(F)cc2)C1. The van der Waals surface area contributed by atoms with Gasteiger partial charge in [-0.15, -0.1) is 0 Å². The number of pyridine rings is 1. The first-order valence-electron chi connectivity index (χ1n) is 11.0. The normalized spacial score (nSPS) is 18.6. The van der Waals surface area contributed by atoms with Gasteiger partial charge in [-0.25, -0.2) is 27.8 Å². The van der Waals surface area contributed by atoms with Crippen LogP contribution in [0, 0.1) is 11.7 Å². The molecular formula is C23H20ClF4N5O3S. The van der Waals surface area contributed by atoms with Crippen LogP contribution in [-0.4, -0.2) is 46.2 Å². The summed E-state index contributed by atoms with van der Waals surface area (Å²) in [7, 11) is -4.05. The van der Waals surface area contributed by atoms with Gasteiger partial charge in [0.25, 0.3) is 0 Å². The minimum absolute atomic E-state index is 0.0247. The van der Waals surface area contributed by atoms with Crippen molar-refractivity contribution in [2.24, 2.45) is 5.92 Å². The number of halogens is 5. The lowest BCUT2D eigenvalue weighted by Gasteiger charge is -2.23. The molecule has 1 aliphatic rings. The van der Waals surface area contributed by atoms with Crippen LogP contribution in [0.5, 0.6) is 0 Å². The molecule has 1 aromatic carbocycles. The number of alkyl halides is 3. The second-order valence-electron chi connectivity index (χ2n) is 8.58. The summed E-state index contributed by atoms with van der Waals surface area (Å²) in [5.74, 6) is -2.51. The number of hydrogen-bond acceptors (Lipinski definition) is 6. The van der Waals surface area contributed by atoms with Gasteiger partial charge in [-0.05, 0) is 54.3 Å². The highest BCUT2D eigenvalue weighted by Gasteiger charge is 2.42. The van der Waals surface area contributed by atoms with Gasteiger partial charge in [-0.1, -0.05) is 18.5 Å². The summed E-state index contributed by atoms with van der Waals surface area (Å²) in [6.07, 6.45) is -2.47. The zero-order valence-electron chi connectivity index (χ0n) is 19.2. The first-order chi connectivity index (χ1) is 17.3. The highest BCUT2D eigenvalue weighted by molar-refractivity contribution is 7.89. The van der Waals surface area contributed by atoms with E-state index in [1.165, 1.54) is 12.1 Å². The molecule has 0 radical (unpaired) electrons. The van der Waals surface area contributed by atoms with E-state index in [9.17, 15) is 30.8 Å². The molecule has 2 atom stereocenters. The van der Waals surface area contributed by atoms with Crippen molar-refractivity contribution in [3.63, 3.8) is 0 Å². The Kier molecular flexibility index (Phi) is 7.49. The van der Waals surface area contributed by atoms with Crippen LogP contribution in [0.25, 0.3) is 11.3 Å². The van der Waals surface area contributed by atoms with E-state index in [2.05, 4.69) is 20.3 Å². The number of hydrogen-bond donors (Lipinski definition) is 1. The molecule has 2 aromatic heterocycles. The van der Waals surface area contributed by atoms with Crippen LogP contribution in [-0.2, 0) is 27.5 Å². The van der Waals surface area contributed by atoms with Crippen molar-refractivity contribution in [3.8, 4) is 11.3 Å². The number of aromatic nitrogens is 3. The third-order valence-electron chi connectivity index (χ3n) is 5.71. The maximum atomic E-state index is 13.3. The number of sulfonamides is 1. The minimum atomic E-state index is -4.69. The fraction of sp³-hybridized carbons (Fsp3) is 0.304. The Labute approximate surface area is 214 Å². The molecule has 14 heteroatoms. The lowest BCUT2D eigenvalue weighted by Crippen LogP contribution is -2.45. The van der Waals surface area contributed by atoms with Crippen molar-refractivity contribution in [2.75, 3.05) is 6.54 Å². The maximum absolute atomic E-state index is 13.3. The first-order valence-corrected chi connectivity index (χ1v) is 12.8. The lowest BCUT2D eigenvalue weighted by molar-refractivity contribution is -0.145. The predicted molar refractivity (Wildman–Crippen MR) is 125 cm³/mol. The van der Waals surface area contributed by atoms with Crippen molar-refractivity contribution in [2.45, 2.75) is 37.0 Å². The number of rotatable bonds is 6. The standard InChI is InChI=1S/C23H20ClF4N5O3S/c1-13-6-19(33(12-13)37(35,36)17-4-2-16(25)3-5-17)21(34)29-9-14-7-18(32-20(24)8-14)15-10-30-22(31-11-15)23(26,27)28/h2-5,7-8,10-11,13,19H,6,9,12H2,1H3,(H,29,34)/t13?,19-/m0/s1. The molecule has 0 saturated carbocycles. The van der Waals surface area contributed by atoms with E-state index in [-0.39, 0.29) is 46.7 Å². The van der Waals surface area contributed by atoms with Crippen LogP contribution >= 0.6 is 11.6 Å². The topological polar surface area (TPSA) is 105 Å². The molecule has 1 unspecified atom stereocenters. The van der Waals surface area contributed by atoms with Gasteiger partial charge in [0.15, 0.2) is 0 Å². The smallest absolute Gasteiger partial charge is 0.351 e. The third-order valence-corrected chi connectivity index (χ3v) is 7.79. The summed E-state index contributed by atoms with van der Waals surface area (Å²) in [5, 5.41) is 2.71. The number of carbonyl (C=O) groups is 1. The molecule has 0 spiro atoms. The summed E-state index contributed by atoms with van der Waals surface area (Å²) in [5.41, 5.74) is 0.854. The second-order valence-corrected chi connectivity index (χ2v) is 10.9. The fourth-order valence-corrected chi connectivity index (χ4v) is 5.92. The van der Waals surface area contributed by atoms with Crippen LogP contribution in [0.3, 0.4) is 0 Å². The summed E-state index contributed by atoms with van der Waals surface area (Å²) in [4.78, 5) is 23.6. The average molecular weight is 558 g/mol. The fourth-order valence-electron chi connectivity index (χ4n) is 3.97. The predicted octanol–water partition coefficient (Wildman–Crippen LogP) is 4.07. The van der Waals surface area contributed by atoms with Gasteiger partial charge >= 0.3 is 6.18 Å². The Morgan fingerprint density at radius 3 is 2.43 bits per heavy atom. The molecule has 0 bridgehead atoms. The summed E-state index contributed by atoms with van der Waals surface area (Å²) in [6.45, 7) is 1.89. The Balaban J connectivity index is 1.50. The minimum Gasteiger partial charge on any atom is -0.351 e. The van der Waals surface area contributed by atoms with Gasteiger partial charge in [0.2, 0.25) is 21.8 Å². The highest BCUT2D eigenvalue weighted by Crippen LogP contribution is 2.30. The van der Waals surface area contributed by atoms with E-state index in [0.29, 0.717) is 5.56 Å². The first kappa shape index (κ1) is 26.9. The molecule has 1 amide bonds. The molecule has 0 aliphatic carbocycles. The number of nitrogens with zero attached hydrogens (tertiary/aromatic N) is 4. The van der Waals surface area contributed by atoms with Crippen LogP contribution in [0.4, 0.5) is 17.6 Å². The van der Waals surface area contributed by atoms with Crippen molar-refractivity contribution in [3.05, 3.63) is 71.2 Å². The van der Waals surface area contributed by atoms with E-state index < -0.39 is 39.8 Å². The Hall–Kier alpha value is -3.16. The third kappa shape index (κ3) is 6.05. The molecule has 3 aromatic rings. The molecule has 1 fully saturated rings. The van der Waals surface area contributed by atoms with E-state index in [4.69, 9.17) is 11.6 Å². The molecule has 1 N–H and O–H groups in total. The van der Waals surface area contributed by atoms with E-state index in [1.807, 2.05) is 6.92 Å². The van der Waals surface area contributed by atoms with E-state index in [1.54, 1.807) is 0 Å². The van der Waals surface area contributed by atoms with Gasteiger partial charge in [-0.2, -0.15) is 17.5 Å². The van der Waals surface area contributed by atoms with Gasteiger partial charge < -0.3 is 5.32 Å². The maximum Gasteiger partial charge on any atom is 0.451 e. The van der Waals surface area contributed by atoms with Crippen LogP contribution in [0.1, 0.15) is 24.7 Å². The van der Waals surface area contributed by atoms with Crippen LogP contribution in [0.15, 0.2) is 53.7 Å². The molecule has 37 heavy (non-hydrogen) atoms. The van der Waals surface area contributed by atoms with Crippen molar-refractivity contribution < 1.29 is 30.8 Å². The second kappa shape index (κ2) is 10.3. The van der Waals surface area contributed by atoms with E-state index in [0.717, 1.165) is 41.0 Å². The zero-order chi connectivity index (χ0) is 27.0. The van der Waals surface area contributed by atoms with Crippen LogP contribution < -0.4 is 5.32 Å². The molecule has 3 heterocycles. The number of benzene rings is 1. The van der Waals surface area contributed by atoms with Gasteiger partial charge in [0.1, 0.15) is 17.0 Å². The Morgan fingerprint density at radius 1 is 1.16 bits per heavy atom. The Bertz CT molecular complexity index is 1400. The summed E-state index contributed by atoms with van der Waals surface area (Å²) < 4.78 is 78.8. The van der Waals surface area contributed by atoms with Crippen LogP contribution in [0.2, 0.25) is 5.15 Å². The Morgan fingerprint density at radius 2 is 1.81 bits per heavy atom. The van der Waals surface area contributed by atoms with Gasteiger partial charge in [0.05, 0.1) is 10.6 Å². The van der Waals surface area contributed by atoms with Crippen molar-refractivity contribution in [1.82, 2.24) is 24.6 Å². The van der Waals surface area contributed by atoms with Crippen molar-refractivity contribution in [1.29, 1.82) is 0 Å². The largest absolute Gasteiger partial charge is 0.451 e. The molecule has 196 valence electrons. The van der Waals surface area contributed by atoms with Gasteiger partial charge in [-0.3, -0.25) is 4.79 Å². The summed E-state index contributed by atoms with van der Waals surface area (Å²) in [6, 6.07) is 6.35. The zero-order valence-corrected chi connectivity index (χ0v) is 20.8. The van der Waals surface area contributed by atoms with Gasteiger partial charge in [0, 0.05) is 31.0 Å². The number of amides is 1. The van der Waals surface area contributed by atoms with Crippen molar-refractivity contribution >= 4 is 27.5 Å². The lowest BCUT2D eigenvalue weighted by atomic mass is 10.1. The molecule has 1 saturated heterocycles. The highest BCUT2D eigenvalue weighted by atomic mass is 35.5. The summed E-state index contributed by atoms with van der Waals surface area (Å²) >= 11 is 6.07. The number of nitrogens with one attached hydrogen (secondary N) is 1.